The standard InChI is InChI=1S/C15H21Cl2NO/c1-10(2)18-9-11-4-3-7-19-15(11)13-8-12(16)5-6-14(13)17/h5-6,8,10-11,15,18H,3-4,7,9H2,1-2H3. The van der Waals surface area contributed by atoms with E-state index in [4.69, 9.17) is 27.9 Å². The Hall–Kier alpha value is -0.280. The molecule has 1 aromatic carbocycles. The quantitative estimate of drug-likeness (QED) is 0.886. The summed E-state index contributed by atoms with van der Waals surface area (Å²) in [5.41, 5.74) is 1.02. The van der Waals surface area contributed by atoms with E-state index < -0.39 is 0 Å². The van der Waals surface area contributed by atoms with Crippen molar-refractivity contribution in [3.8, 4) is 0 Å². The molecule has 1 aromatic rings. The summed E-state index contributed by atoms with van der Waals surface area (Å²) in [5, 5.41) is 4.95. The van der Waals surface area contributed by atoms with E-state index in [0.29, 0.717) is 17.0 Å². The zero-order chi connectivity index (χ0) is 13.8. The molecule has 19 heavy (non-hydrogen) atoms. The Morgan fingerprint density at radius 1 is 1.37 bits per heavy atom. The summed E-state index contributed by atoms with van der Waals surface area (Å²) in [6.45, 7) is 6.06. The van der Waals surface area contributed by atoms with Crippen molar-refractivity contribution in [3.05, 3.63) is 33.8 Å². The summed E-state index contributed by atoms with van der Waals surface area (Å²) in [6, 6.07) is 6.08. The molecule has 1 N–H and O–H groups in total. The molecule has 0 spiro atoms. The predicted molar refractivity (Wildman–Crippen MR) is 81.0 cm³/mol. The van der Waals surface area contributed by atoms with Crippen LogP contribution in [0.25, 0.3) is 0 Å². The van der Waals surface area contributed by atoms with Crippen molar-refractivity contribution >= 4 is 23.2 Å². The van der Waals surface area contributed by atoms with Gasteiger partial charge in [-0.2, -0.15) is 0 Å². The highest BCUT2D eigenvalue weighted by molar-refractivity contribution is 6.33. The lowest BCUT2D eigenvalue weighted by atomic mass is 9.89. The van der Waals surface area contributed by atoms with Crippen molar-refractivity contribution in [2.75, 3.05) is 13.2 Å². The summed E-state index contributed by atoms with van der Waals surface area (Å²) in [7, 11) is 0. The van der Waals surface area contributed by atoms with Gasteiger partial charge in [0.2, 0.25) is 0 Å². The number of hydrogen-bond donors (Lipinski definition) is 1. The summed E-state index contributed by atoms with van der Waals surface area (Å²) in [5.74, 6) is 0.451. The zero-order valence-electron chi connectivity index (χ0n) is 11.5. The van der Waals surface area contributed by atoms with Crippen LogP contribution >= 0.6 is 23.2 Å². The van der Waals surface area contributed by atoms with Crippen LogP contribution in [0.1, 0.15) is 38.4 Å². The molecule has 0 amide bonds. The molecule has 2 unspecified atom stereocenters. The van der Waals surface area contributed by atoms with E-state index in [1.165, 1.54) is 0 Å². The van der Waals surface area contributed by atoms with Crippen molar-refractivity contribution in [1.29, 1.82) is 0 Å². The second-order valence-corrected chi connectivity index (χ2v) is 6.27. The molecule has 1 fully saturated rings. The number of rotatable bonds is 4. The van der Waals surface area contributed by atoms with Gasteiger partial charge in [0.1, 0.15) is 0 Å². The molecular weight excluding hydrogens is 281 g/mol. The summed E-state index contributed by atoms with van der Waals surface area (Å²) in [4.78, 5) is 0. The SMILES string of the molecule is CC(C)NCC1CCCOC1c1cc(Cl)ccc1Cl. The largest absolute Gasteiger partial charge is 0.373 e. The van der Waals surface area contributed by atoms with Crippen LogP contribution in [0.2, 0.25) is 10.0 Å². The van der Waals surface area contributed by atoms with Gasteiger partial charge in [-0.05, 0) is 31.0 Å². The molecule has 1 aliphatic heterocycles. The summed E-state index contributed by atoms with van der Waals surface area (Å²) >= 11 is 12.4. The maximum absolute atomic E-state index is 6.30. The first-order valence-electron chi connectivity index (χ1n) is 6.88. The first kappa shape index (κ1) is 15.1. The van der Waals surface area contributed by atoms with E-state index in [2.05, 4.69) is 19.2 Å². The third kappa shape index (κ3) is 4.09. The Labute approximate surface area is 125 Å². The van der Waals surface area contributed by atoms with Gasteiger partial charge in [-0.3, -0.25) is 0 Å². The zero-order valence-corrected chi connectivity index (χ0v) is 13.0. The minimum Gasteiger partial charge on any atom is -0.373 e. The molecule has 106 valence electrons. The number of ether oxygens (including phenoxy) is 1. The molecule has 1 heterocycles. The smallest absolute Gasteiger partial charge is 0.0880 e. The summed E-state index contributed by atoms with van der Waals surface area (Å²) in [6.07, 6.45) is 2.32. The molecule has 2 rings (SSSR count). The minimum atomic E-state index is 0.0474. The van der Waals surface area contributed by atoms with Crippen LogP contribution < -0.4 is 5.32 Å². The van der Waals surface area contributed by atoms with E-state index in [0.717, 1.165) is 36.6 Å². The van der Waals surface area contributed by atoms with Crippen LogP contribution in [-0.4, -0.2) is 19.2 Å². The average molecular weight is 302 g/mol. The maximum atomic E-state index is 6.30. The third-order valence-corrected chi connectivity index (χ3v) is 4.08. The fourth-order valence-electron chi connectivity index (χ4n) is 2.52. The van der Waals surface area contributed by atoms with Gasteiger partial charge in [-0.25, -0.2) is 0 Å². The highest BCUT2D eigenvalue weighted by Gasteiger charge is 2.29. The van der Waals surface area contributed by atoms with Crippen LogP contribution in [0.15, 0.2) is 18.2 Å². The molecule has 0 aliphatic carbocycles. The molecule has 0 bridgehead atoms. The van der Waals surface area contributed by atoms with E-state index in [-0.39, 0.29) is 6.10 Å². The van der Waals surface area contributed by atoms with Gasteiger partial charge in [0.05, 0.1) is 6.10 Å². The number of hydrogen-bond acceptors (Lipinski definition) is 2. The monoisotopic (exact) mass is 301 g/mol. The van der Waals surface area contributed by atoms with Crippen molar-refractivity contribution in [3.63, 3.8) is 0 Å². The van der Waals surface area contributed by atoms with E-state index in [1.54, 1.807) is 0 Å². The molecule has 0 saturated carbocycles. The van der Waals surface area contributed by atoms with Crippen molar-refractivity contribution in [2.24, 2.45) is 5.92 Å². The fraction of sp³-hybridized carbons (Fsp3) is 0.600. The lowest BCUT2D eigenvalue weighted by molar-refractivity contribution is -0.0281. The Bertz CT molecular complexity index is 423. The van der Waals surface area contributed by atoms with Gasteiger partial charge in [0, 0.05) is 40.7 Å². The number of nitrogens with one attached hydrogen (secondary N) is 1. The van der Waals surface area contributed by atoms with Gasteiger partial charge in [-0.15, -0.1) is 0 Å². The maximum Gasteiger partial charge on any atom is 0.0880 e. The molecule has 2 nitrogen and oxygen atoms in total. The Morgan fingerprint density at radius 3 is 2.89 bits per heavy atom. The van der Waals surface area contributed by atoms with E-state index >= 15 is 0 Å². The van der Waals surface area contributed by atoms with Gasteiger partial charge < -0.3 is 10.1 Å². The highest BCUT2D eigenvalue weighted by atomic mass is 35.5. The molecule has 0 radical (unpaired) electrons. The molecule has 1 aliphatic rings. The normalized spacial score (nSPS) is 23.8. The van der Waals surface area contributed by atoms with Crippen LogP contribution in [-0.2, 0) is 4.74 Å². The van der Waals surface area contributed by atoms with Gasteiger partial charge in [0.25, 0.3) is 0 Å². The van der Waals surface area contributed by atoms with Crippen molar-refractivity contribution in [1.82, 2.24) is 5.32 Å². The molecular formula is C15H21Cl2NO. The first-order valence-corrected chi connectivity index (χ1v) is 7.63. The fourth-order valence-corrected chi connectivity index (χ4v) is 2.92. The van der Waals surface area contributed by atoms with Gasteiger partial charge in [0.15, 0.2) is 0 Å². The van der Waals surface area contributed by atoms with Crippen molar-refractivity contribution in [2.45, 2.75) is 38.8 Å². The second kappa shape index (κ2) is 6.94. The number of benzene rings is 1. The van der Waals surface area contributed by atoms with Crippen molar-refractivity contribution < 1.29 is 4.74 Å². The topological polar surface area (TPSA) is 21.3 Å². The molecule has 4 heteroatoms. The van der Waals surface area contributed by atoms with E-state index in [9.17, 15) is 0 Å². The predicted octanol–water partition coefficient (Wildman–Crippen LogP) is 4.46. The average Bonchev–Trinajstić information content (AvgIpc) is 2.39. The van der Waals surface area contributed by atoms with Crippen LogP contribution in [0.5, 0.6) is 0 Å². The van der Waals surface area contributed by atoms with E-state index in [1.807, 2.05) is 18.2 Å². The molecule has 1 saturated heterocycles. The lowest BCUT2D eigenvalue weighted by Crippen LogP contribution is -2.35. The third-order valence-electron chi connectivity index (χ3n) is 3.50. The van der Waals surface area contributed by atoms with Crippen LogP contribution in [0.4, 0.5) is 0 Å². The second-order valence-electron chi connectivity index (χ2n) is 5.42. The van der Waals surface area contributed by atoms with Gasteiger partial charge in [-0.1, -0.05) is 37.0 Å². The van der Waals surface area contributed by atoms with Crippen LogP contribution in [0, 0.1) is 5.92 Å². The van der Waals surface area contributed by atoms with Crippen LogP contribution in [0.3, 0.4) is 0 Å². The Balaban J connectivity index is 2.16. The molecule has 2 atom stereocenters. The number of halogens is 2. The Kier molecular flexibility index (Phi) is 5.52. The first-order chi connectivity index (χ1) is 9.08. The molecule has 0 aromatic heterocycles. The minimum absolute atomic E-state index is 0.0474. The Morgan fingerprint density at radius 2 is 2.16 bits per heavy atom. The highest BCUT2D eigenvalue weighted by Crippen LogP contribution is 2.37. The lowest BCUT2D eigenvalue weighted by Gasteiger charge is -2.33. The van der Waals surface area contributed by atoms with Gasteiger partial charge >= 0.3 is 0 Å². The summed E-state index contributed by atoms with van der Waals surface area (Å²) < 4.78 is 5.96.